The van der Waals surface area contributed by atoms with Crippen LogP contribution in [0.3, 0.4) is 0 Å². The molecule has 1 aliphatic carbocycles. The number of hydrogen-bond donors (Lipinski definition) is 0. The number of carbonyl (C=O) groups excluding carboxylic acids is 1. The van der Waals surface area contributed by atoms with E-state index in [9.17, 15) is 9.00 Å². The van der Waals surface area contributed by atoms with Crippen LogP contribution in [0.25, 0.3) is 0 Å². The Hall–Kier alpha value is -0.960. The van der Waals surface area contributed by atoms with Crippen LogP contribution in [-0.4, -0.2) is 15.2 Å². The maximum absolute atomic E-state index is 12.6. The molecule has 3 heteroatoms. The quantitative estimate of drug-likeness (QED) is 0.840. The van der Waals surface area contributed by atoms with E-state index in [0.29, 0.717) is 12.3 Å². The van der Waals surface area contributed by atoms with Gasteiger partial charge in [0, 0.05) is 11.3 Å². The highest BCUT2D eigenvalue weighted by Crippen LogP contribution is 2.34. The van der Waals surface area contributed by atoms with Gasteiger partial charge in [-0.3, -0.25) is 9.00 Å². The van der Waals surface area contributed by atoms with E-state index >= 15 is 0 Å². The predicted molar refractivity (Wildman–Crippen MR) is 73.9 cm³/mol. The maximum atomic E-state index is 12.6. The lowest BCUT2D eigenvalue weighted by Crippen LogP contribution is -2.30. The van der Waals surface area contributed by atoms with Crippen LogP contribution in [-0.2, 0) is 15.6 Å². The summed E-state index contributed by atoms with van der Waals surface area (Å²) in [4.78, 5) is 12.8. The molecule has 0 saturated heterocycles. The highest BCUT2D eigenvalue weighted by atomic mass is 32.2. The topological polar surface area (TPSA) is 34.1 Å². The van der Waals surface area contributed by atoms with Gasteiger partial charge in [-0.05, 0) is 37.3 Å². The minimum atomic E-state index is -1.20. The van der Waals surface area contributed by atoms with Gasteiger partial charge in [0.1, 0.15) is 11.0 Å². The average Bonchev–Trinajstić information content (AvgIpc) is 2.71. The van der Waals surface area contributed by atoms with Crippen LogP contribution in [0.2, 0.25) is 0 Å². The van der Waals surface area contributed by atoms with Crippen molar-refractivity contribution >= 4 is 16.6 Å². The molecule has 0 aromatic heterocycles. The molecule has 0 bridgehead atoms. The second-order valence-corrected chi connectivity index (χ2v) is 7.02. The molecule has 0 heterocycles. The molecular formula is C15H20O2S. The first-order valence-corrected chi connectivity index (χ1v) is 7.72. The number of rotatable bonds is 3. The number of carbonyl (C=O) groups is 1. The summed E-state index contributed by atoms with van der Waals surface area (Å²) < 4.78 is 12.6. The summed E-state index contributed by atoms with van der Waals surface area (Å²) in [7, 11) is -1.20. The Kier molecular flexibility index (Phi) is 4.00. The molecule has 0 spiro atoms. The van der Waals surface area contributed by atoms with Crippen LogP contribution < -0.4 is 0 Å². The van der Waals surface area contributed by atoms with Crippen molar-refractivity contribution in [3.63, 3.8) is 0 Å². The smallest absolute Gasteiger partial charge is 0.149 e. The predicted octanol–water partition coefficient (Wildman–Crippen LogP) is 3.11. The first-order chi connectivity index (χ1) is 8.50. The van der Waals surface area contributed by atoms with E-state index in [1.165, 1.54) is 0 Å². The summed E-state index contributed by atoms with van der Waals surface area (Å²) >= 11 is 0. The van der Waals surface area contributed by atoms with Gasteiger partial charge in [-0.2, -0.15) is 0 Å². The van der Waals surface area contributed by atoms with Gasteiger partial charge >= 0.3 is 0 Å². The van der Waals surface area contributed by atoms with Gasteiger partial charge in [0.15, 0.2) is 0 Å². The molecule has 1 aliphatic rings. The Balaban J connectivity index is 2.26. The highest BCUT2D eigenvalue weighted by Gasteiger charge is 2.40. The van der Waals surface area contributed by atoms with Crippen LogP contribution in [0.15, 0.2) is 29.2 Å². The fourth-order valence-corrected chi connectivity index (χ4v) is 4.44. The van der Waals surface area contributed by atoms with Gasteiger partial charge in [0.2, 0.25) is 0 Å². The molecule has 0 radical (unpaired) electrons. The fraction of sp³-hybridized carbons (Fsp3) is 0.533. The number of benzene rings is 1. The lowest BCUT2D eigenvalue weighted by molar-refractivity contribution is -0.117. The highest BCUT2D eigenvalue weighted by molar-refractivity contribution is 7.86. The van der Waals surface area contributed by atoms with Crippen LogP contribution in [0.4, 0.5) is 0 Å². The summed E-state index contributed by atoms with van der Waals surface area (Å²) in [6.45, 7) is 6.23. The van der Waals surface area contributed by atoms with E-state index in [2.05, 4.69) is 13.8 Å². The number of ketones is 1. The van der Waals surface area contributed by atoms with Crippen molar-refractivity contribution in [3.8, 4) is 0 Å². The van der Waals surface area contributed by atoms with Crippen LogP contribution in [0.1, 0.15) is 32.3 Å². The van der Waals surface area contributed by atoms with Gasteiger partial charge in [-0.1, -0.05) is 31.5 Å². The Bertz CT molecular complexity index is 462. The van der Waals surface area contributed by atoms with E-state index < -0.39 is 10.8 Å². The van der Waals surface area contributed by atoms with Crippen molar-refractivity contribution in [2.75, 3.05) is 0 Å². The minimum Gasteiger partial charge on any atom is -0.298 e. The molecule has 0 aliphatic heterocycles. The molecule has 1 fully saturated rings. The summed E-state index contributed by atoms with van der Waals surface area (Å²) in [5.41, 5.74) is 1.15. The monoisotopic (exact) mass is 264 g/mol. The second-order valence-electron chi connectivity index (χ2n) is 5.44. The van der Waals surface area contributed by atoms with E-state index in [4.69, 9.17) is 0 Å². The third-order valence-corrected chi connectivity index (χ3v) is 5.58. The summed E-state index contributed by atoms with van der Waals surface area (Å²) in [6.07, 6.45) is 1.48. The van der Waals surface area contributed by atoms with Crippen molar-refractivity contribution in [2.45, 2.75) is 43.8 Å². The van der Waals surface area contributed by atoms with Crippen molar-refractivity contribution in [2.24, 2.45) is 11.8 Å². The zero-order valence-electron chi connectivity index (χ0n) is 11.2. The Morgan fingerprint density at radius 3 is 2.39 bits per heavy atom. The number of hydrogen-bond acceptors (Lipinski definition) is 2. The molecule has 2 nitrogen and oxygen atoms in total. The second kappa shape index (κ2) is 5.35. The van der Waals surface area contributed by atoms with E-state index in [1.807, 2.05) is 31.2 Å². The average molecular weight is 264 g/mol. The standard InChI is InChI=1S/C15H20O2S/c1-10(2)13-8-9-14(16)15(13)18(17)12-6-4-11(3)5-7-12/h4-7,10,13,15H,8-9H2,1-3H3/t13-,15-,18?/m1/s1. The van der Waals surface area contributed by atoms with Gasteiger partial charge in [0.25, 0.3) is 0 Å². The van der Waals surface area contributed by atoms with Gasteiger partial charge in [0.05, 0.1) is 10.8 Å². The Labute approximate surface area is 111 Å². The summed E-state index contributed by atoms with van der Waals surface area (Å²) in [6, 6.07) is 7.68. The lowest BCUT2D eigenvalue weighted by Gasteiger charge is -2.21. The number of aryl methyl sites for hydroxylation is 1. The molecule has 0 amide bonds. The first-order valence-electron chi connectivity index (χ1n) is 6.50. The summed E-state index contributed by atoms with van der Waals surface area (Å²) in [5, 5.41) is -0.298. The third-order valence-electron chi connectivity index (χ3n) is 3.77. The normalized spacial score (nSPS) is 25.7. The summed E-state index contributed by atoms with van der Waals surface area (Å²) in [5.74, 6) is 0.850. The first kappa shape index (κ1) is 13.5. The molecule has 1 aromatic carbocycles. The van der Waals surface area contributed by atoms with Gasteiger partial charge < -0.3 is 0 Å². The third kappa shape index (κ3) is 2.56. The van der Waals surface area contributed by atoms with Crippen LogP contribution in [0, 0.1) is 18.8 Å². The maximum Gasteiger partial charge on any atom is 0.149 e. The van der Waals surface area contributed by atoms with Crippen LogP contribution >= 0.6 is 0 Å². The van der Waals surface area contributed by atoms with Crippen molar-refractivity contribution in [3.05, 3.63) is 29.8 Å². The molecular weight excluding hydrogens is 244 g/mol. The minimum absolute atomic E-state index is 0.174. The van der Waals surface area contributed by atoms with E-state index in [-0.39, 0.29) is 17.0 Å². The van der Waals surface area contributed by atoms with Crippen LogP contribution in [0.5, 0.6) is 0 Å². The molecule has 18 heavy (non-hydrogen) atoms. The number of Topliss-reactive ketones (excluding diaryl/α,β-unsaturated/α-hetero) is 1. The molecule has 1 aromatic rings. The molecule has 3 atom stereocenters. The largest absolute Gasteiger partial charge is 0.298 e. The lowest BCUT2D eigenvalue weighted by atomic mass is 9.94. The SMILES string of the molecule is Cc1ccc(S(=O)[C@H]2C(=O)CC[C@@H]2C(C)C)cc1. The van der Waals surface area contributed by atoms with Crippen molar-refractivity contribution in [1.29, 1.82) is 0 Å². The van der Waals surface area contributed by atoms with E-state index in [1.54, 1.807) is 0 Å². The zero-order valence-corrected chi connectivity index (χ0v) is 12.0. The van der Waals surface area contributed by atoms with Crippen molar-refractivity contribution in [1.82, 2.24) is 0 Å². The molecule has 0 N–H and O–H groups in total. The Morgan fingerprint density at radius 2 is 1.83 bits per heavy atom. The van der Waals surface area contributed by atoms with Gasteiger partial charge in [-0.25, -0.2) is 0 Å². The van der Waals surface area contributed by atoms with E-state index in [0.717, 1.165) is 16.9 Å². The molecule has 2 rings (SSSR count). The zero-order chi connectivity index (χ0) is 13.3. The Morgan fingerprint density at radius 1 is 1.22 bits per heavy atom. The fourth-order valence-electron chi connectivity index (χ4n) is 2.62. The molecule has 1 unspecified atom stereocenters. The molecule has 1 saturated carbocycles. The molecule has 98 valence electrons. The van der Waals surface area contributed by atoms with Gasteiger partial charge in [-0.15, -0.1) is 0 Å². The van der Waals surface area contributed by atoms with Crippen molar-refractivity contribution < 1.29 is 9.00 Å².